The number of esters is 1. The van der Waals surface area contributed by atoms with Crippen molar-refractivity contribution in [3.63, 3.8) is 0 Å². The van der Waals surface area contributed by atoms with E-state index in [1.54, 1.807) is 6.07 Å². The molecule has 0 atom stereocenters. The van der Waals surface area contributed by atoms with Crippen LogP contribution in [0, 0.1) is 6.92 Å². The molecule has 1 aromatic carbocycles. The van der Waals surface area contributed by atoms with Crippen LogP contribution in [0.4, 0.5) is 5.69 Å². The lowest BCUT2D eigenvalue weighted by molar-refractivity contribution is 0.0601. The summed E-state index contributed by atoms with van der Waals surface area (Å²) < 4.78 is 4.63. The molecule has 17 heavy (non-hydrogen) atoms. The van der Waals surface area contributed by atoms with Gasteiger partial charge in [-0.05, 0) is 24.6 Å². The third-order valence-corrected chi connectivity index (χ3v) is 2.80. The second-order valence-electron chi connectivity index (χ2n) is 3.72. The molecule has 2 rings (SSSR count). The van der Waals surface area contributed by atoms with E-state index in [9.17, 15) is 4.79 Å². The minimum absolute atomic E-state index is 0.252. The maximum absolute atomic E-state index is 11.5. The molecule has 0 saturated heterocycles. The Morgan fingerprint density at radius 1 is 1.47 bits per heavy atom. The average Bonchev–Trinajstić information content (AvgIpc) is 2.29. The number of fused-ring (bicyclic) bond motifs is 1. The van der Waals surface area contributed by atoms with Crippen LogP contribution in [0.2, 0.25) is 5.02 Å². The SMILES string of the molecule is COC(=O)c1cnc2c(Cl)cc(C)cc2c1N. The number of ether oxygens (including phenoxy) is 1. The molecule has 0 saturated carbocycles. The lowest BCUT2D eigenvalue weighted by Crippen LogP contribution is -2.07. The van der Waals surface area contributed by atoms with Crippen molar-refractivity contribution in [2.45, 2.75) is 6.92 Å². The number of rotatable bonds is 1. The van der Waals surface area contributed by atoms with Gasteiger partial charge >= 0.3 is 5.97 Å². The van der Waals surface area contributed by atoms with Gasteiger partial charge in [0.15, 0.2) is 0 Å². The summed E-state index contributed by atoms with van der Waals surface area (Å²) in [7, 11) is 1.30. The van der Waals surface area contributed by atoms with Crippen LogP contribution in [0.15, 0.2) is 18.3 Å². The number of anilines is 1. The zero-order chi connectivity index (χ0) is 12.6. The van der Waals surface area contributed by atoms with Gasteiger partial charge in [0.1, 0.15) is 5.56 Å². The molecule has 0 amide bonds. The molecule has 4 nitrogen and oxygen atoms in total. The number of nitrogens with two attached hydrogens (primary N) is 1. The van der Waals surface area contributed by atoms with Crippen LogP contribution in [-0.4, -0.2) is 18.1 Å². The summed E-state index contributed by atoms with van der Waals surface area (Å²) in [6.07, 6.45) is 1.38. The summed E-state index contributed by atoms with van der Waals surface area (Å²) in [4.78, 5) is 15.6. The van der Waals surface area contributed by atoms with Crippen molar-refractivity contribution in [2.24, 2.45) is 0 Å². The van der Waals surface area contributed by atoms with Crippen LogP contribution in [0.1, 0.15) is 15.9 Å². The van der Waals surface area contributed by atoms with Gasteiger partial charge in [-0.1, -0.05) is 11.6 Å². The minimum Gasteiger partial charge on any atom is -0.465 e. The topological polar surface area (TPSA) is 65.2 Å². The fourth-order valence-corrected chi connectivity index (χ4v) is 2.01. The molecule has 0 radical (unpaired) electrons. The Hall–Kier alpha value is -1.81. The number of nitrogens with zero attached hydrogens (tertiary/aromatic N) is 1. The number of halogens is 1. The second kappa shape index (κ2) is 4.22. The van der Waals surface area contributed by atoms with Crippen molar-refractivity contribution in [3.05, 3.63) is 34.5 Å². The van der Waals surface area contributed by atoms with Gasteiger partial charge in [-0.2, -0.15) is 0 Å². The molecule has 1 heterocycles. The summed E-state index contributed by atoms with van der Waals surface area (Å²) >= 11 is 6.07. The Balaban J connectivity index is 2.79. The third kappa shape index (κ3) is 1.91. The standard InChI is InChI=1S/C12H11ClN2O2/c1-6-3-7-10(14)8(12(16)17-2)5-15-11(7)9(13)4-6/h3-5H,1-2H3,(H2,14,15). The number of carbonyl (C=O) groups is 1. The van der Waals surface area contributed by atoms with Gasteiger partial charge in [0, 0.05) is 11.6 Å². The molecule has 0 spiro atoms. The molecule has 0 aliphatic carbocycles. The minimum atomic E-state index is -0.505. The number of nitrogen functional groups attached to an aromatic ring is 1. The van der Waals surface area contributed by atoms with Gasteiger partial charge in [-0.15, -0.1) is 0 Å². The van der Waals surface area contributed by atoms with Crippen molar-refractivity contribution in [3.8, 4) is 0 Å². The van der Waals surface area contributed by atoms with Gasteiger partial charge in [0.2, 0.25) is 0 Å². The fraction of sp³-hybridized carbons (Fsp3) is 0.167. The summed E-state index contributed by atoms with van der Waals surface area (Å²) in [5, 5.41) is 1.18. The second-order valence-corrected chi connectivity index (χ2v) is 4.13. The normalized spacial score (nSPS) is 10.5. The van der Waals surface area contributed by atoms with Crippen LogP contribution in [0.25, 0.3) is 10.9 Å². The quantitative estimate of drug-likeness (QED) is 0.790. The Labute approximate surface area is 103 Å². The number of aryl methyl sites for hydroxylation is 1. The van der Waals surface area contributed by atoms with Gasteiger partial charge in [-0.25, -0.2) is 4.79 Å². The molecular formula is C12H11ClN2O2. The molecule has 0 bridgehead atoms. The largest absolute Gasteiger partial charge is 0.465 e. The van der Waals surface area contributed by atoms with Gasteiger partial charge in [0.25, 0.3) is 0 Å². The van der Waals surface area contributed by atoms with Crippen LogP contribution in [0.3, 0.4) is 0 Å². The van der Waals surface area contributed by atoms with E-state index >= 15 is 0 Å². The molecule has 88 valence electrons. The lowest BCUT2D eigenvalue weighted by Gasteiger charge is -2.08. The number of hydrogen-bond donors (Lipinski definition) is 1. The third-order valence-electron chi connectivity index (χ3n) is 2.52. The zero-order valence-corrected chi connectivity index (χ0v) is 10.2. The summed E-state index contributed by atoms with van der Waals surface area (Å²) in [6.45, 7) is 1.90. The smallest absolute Gasteiger partial charge is 0.341 e. The summed E-state index contributed by atoms with van der Waals surface area (Å²) in [6, 6.07) is 3.64. The van der Waals surface area contributed by atoms with E-state index in [2.05, 4.69) is 9.72 Å². The maximum atomic E-state index is 11.5. The van der Waals surface area contributed by atoms with Crippen molar-refractivity contribution in [2.75, 3.05) is 12.8 Å². The Morgan fingerprint density at radius 3 is 2.82 bits per heavy atom. The number of carbonyl (C=O) groups excluding carboxylic acids is 1. The molecule has 0 unspecified atom stereocenters. The fourth-order valence-electron chi connectivity index (χ4n) is 1.69. The highest BCUT2D eigenvalue weighted by Crippen LogP contribution is 2.29. The monoisotopic (exact) mass is 250 g/mol. The van der Waals surface area contributed by atoms with Crippen LogP contribution in [-0.2, 0) is 4.74 Å². The van der Waals surface area contributed by atoms with Crippen molar-refractivity contribution < 1.29 is 9.53 Å². The van der Waals surface area contributed by atoms with E-state index < -0.39 is 5.97 Å². The molecule has 1 aromatic heterocycles. The van der Waals surface area contributed by atoms with Crippen molar-refractivity contribution in [1.82, 2.24) is 4.98 Å². The average molecular weight is 251 g/mol. The summed E-state index contributed by atoms with van der Waals surface area (Å²) in [5.41, 5.74) is 8.07. The Morgan fingerprint density at radius 2 is 2.18 bits per heavy atom. The number of hydrogen-bond acceptors (Lipinski definition) is 4. The highest BCUT2D eigenvalue weighted by molar-refractivity contribution is 6.35. The van der Waals surface area contributed by atoms with Crippen molar-refractivity contribution in [1.29, 1.82) is 0 Å². The maximum Gasteiger partial charge on any atom is 0.341 e. The van der Waals surface area contributed by atoms with E-state index in [0.29, 0.717) is 21.6 Å². The first-order valence-electron chi connectivity index (χ1n) is 4.97. The molecule has 2 aromatic rings. The van der Waals surface area contributed by atoms with Crippen LogP contribution < -0.4 is 5.73 Å². The molecule has 2 N–H and O–H groups in total. The Bertz CT molecular complexity index is 611. The highest BCUT2D eigenvalue weighted by atomic mass is 35.5. The van der Waals surface area contributed by atoms with E-state index in [1.165, 1.54) is 13.3 Å². The Kier molecular flexibility index (Phi) is 2.90. The number of pyridine rings is 1. The molecule has 0 aliphatic rings. The molecular weight excluding hydrogens is 240 g/mol. The molecule has 0 fully saturated rings. The van der Waals surface area contributed by atoms with Crippen LogP contribution >= 0.6 is 11.6 Å². The van der Waals surface area contributed by atoms with Gasteiger partial charge in [0.05, 0.1) is 23.3 Å². The van der Waals surface area contributed by atoms with Crippen molar-refractivity contribution >= 4 is 34.2 Å². The number of methoxy groups -OCH3 is 1. The van der Waals surface area contributed by atoms with Crippen LogP contribution in [0.5, 0.6) is 0 Å². The summed E-state index contributed by atoms with van der Waals surface area (Å²) in [5.74, 6) is -0.505. The van der Waals surface area contributed by atoms with Gasteiger partial charge < -0.3 is 10.5 Å². The molecule has 5 heteroatoms. The van der Waals surface area contributed by atoms with E-state index in [1.807, 2.05) is 13.0 Å². The predicted molar refractivity (Wildman–Crippen MR) is 67.2 cm³/mol. The van der Waals surface area contributed by atoms with E-state index in [-0.39, 0.29) is 5.56 Å². The predicted octanol–water partition coefficient (Wildman–Crippen LogP) is 2.57. The number of aromatic nitrogens is 1. The molecule has 0 aliphatic heterocycles. The van der Waals surface area contributed by atoms with E-state index in [0.717, 1.165) is 5.56 Å². The zero-order valence-electron chi connectivity index (χ0n) is 9.45. The first kappa shape index (κ1) is 11.7. The van der Waals surface area contributed by atoms with Gasteiger partial charge in [-0.3, -0.25) is 4.98 Å². The first-order valence-corrected chi connectivity index (χ1v) is 5.35. The van der Waals surface area contributed by atoms with E-state index in [4.69, 9.17) is 17.3 Å². The first-order chi connectivity index (χ1) is 8.04. The highest BCUT2D eigenvalue weighted by Gasteiger charge is 2.15. The lowest BCUT2D eigenvalue weighted by atomic mass is 10.1. The number of benzene rings is 1.